The Balaban J connectivity index is 1.78. The Labute approximate surface area is 204 Å². The fourth-order valence-corrected chi connectivity index (χ4v) is 5.86. The monoisotopic (exact) mass is 495 g/mol. The van der Waals surface area contributed by atoms with Crippen LogP contribution in [0.5, 0.6) is 0 Å². The van der Waals surface area contributed by atoms with Crippen LogP contribution in [0, 0.1) is 10.1 Å². The number of para-hydroxylation sites is 2. The van der Waals surface area contributed by atoms with Crippen LogP contribution in [-0.4, -0.2) is 9.49 Å². The highest BCUT2D eigenvalue weighted by Crippen LogP contribution is 2.38. The lowest BCUT2D eigenvalue weighted by Crippen LogP contribution is -2.26. The summed E-state index contributed by atoms with van der Waals surface area (Å²) in [5, 5.41) is 14.7. The molecule has 1 aliphatic carbocycles. The van der Waals surface area contributed by atoms with E-state index in [1.807, 2.05) is 17.5 Å². The first-order valence-corrected chi connectivity index (χ1v) is 12.2. The van der Waals surface area contributed by atoms with Gasteiger partial charge in [0.15, 0.2) is 4.80 Å². The molecule has 5 nitrogen and oxygen atoms in total. The molecule has 166 valence electrons. The molecule has 0 saturated carbocycles. The maximum Gasteiger partial charge on any atom is 0.294 e. The number of thiazole rings is 1. The number of aromatic nitrogens is 1. The Morgan fingerprint density at radius 1 is 1.06 bits per heavy atom. The zero-order chi connectivity index (χ0) is 22.9. The van der Waals surface area contributed by atoms with E-state index >= 15 is 0 Å². The number of nitro groups is 1. The highest BCUT2D eigenvalue weighted by molar-refractivity contribution is 7.07. The van der Waals surface area contributed by atoms with Crippen molar-refractivity contribution in [2.24, 2.45) is 4.99 Å². The summed E-state index contributed by atoms with van der Waals surface area (Å²) < 4.78 is 2.18. The van der Waals surface area contributed by atoms with Gasteiger partial charge < -0.3 is 4.57 Å². The Morgan fingerprint density at radius 2 is 1.85 bits per heavy atom. The fourth-order valence-electron chi connectivity index (χ4n) is 4.41. The average Bonchev–Trinajstić information content (AvgIpc) is 3.21. The predicted molar refractivity (Wildman–Crippen MR) is 134 cm³/mol. The summed E-state index contributed by atoms with van der Waals surface area (Å²) in [6.07, 6.45) is 3.02. The van der Waals surface area contributed by atoms with Crippen LogP contribution in [0.2, 0.25) is 10.0 Å². The summed E-state index contributed by atoms with van der Waals surface area (Å²) in [4.78, 5) is 16.6. The van der Waals surface area contributed by atoms with Gasteiger partial charge in [-0.3, -0.25) is 10.1 Å². The van der Waals surface area contributed by atoms with Crippen LogP contribution in [0.4, 0.5) is 11.4 Å². The Bertz CT molecular complexity index is 1430. The molecule has 33 heavy (non-hydrogen) atoms. The van der Waals surface area contributed by atoms with Gasteiger partial charge in [-0.25, -0.2) is 4.99 Å². The first kappa shape index (κ1) is 21.9. The third kappa shape index (κ3) is 4.22. The number of nitrogens with zero attached hydrogens (tertiary/aromatic N) is 3. The van der Waals surface area contributed by atoms with Crippen molar-refractivity contribution < 1.29 is 4.92 Å². The van der Waals surface area contributed by atoms with Crippen LogP contribution >= 0.6 is 34.5 Å². The van der Waals surface area contributed by atoms with Gasteiger partial charge >= 0.3 is 0 Å². The molecule has 1 aliphatic rings. The molecule has 0 fully saturated rings. The quantitative estimate of drug-likeness (QED) is 0.216. The van der Waals surface area contributed by atoms with Crippen molar-refractivity contribution in [2.75, 3.05) is 0 Å². The standard InChI is InChI=1S/C25H19Cl2N3O2S/c26-17-12-13-19(20(27)14-17)24-15-33-25(28-21-9-3-4-10-23(21)30(31)32)29(24)22-11-5-7-16-6-1-2-8-18(16)22/h1-4,6,8-10,12-15,22H,5,7,11H2. The second-order valence-corrected chi connectivity index (χ2v) is 9.54. The second-order valence-electron chi connectivity index (χ2n) is 7.86. The van der Waals surface area contributed by atoms with E-state index in [4.69, 9.17) is 28.2 Å². The highest BCUT2D eigenvalue weighted by Gasteiger charge is 2.26. The molecule has 0 bridgehead atoms. The fraction of sp³-hybridized carbons (Fsp3) is 0.160. The van der Waals surface area contributed by atoms with Gasteiger partial charge in [0.05, 0.1) is 21.7 Å². The molecule has 1 heterocycles. The van der Waals surface area contributed by atoms with Crippen LogP contribution in [-0.2, 0) is 6.42 Å². The van der Waals surface area contributed by atoms with Gasteiger partial charge in [-0.05, 0) is 54.7 Å². The van der Waals surface area contributed by atoms with Crippen molar-refractivity contribution in [3.8, 4) is 11.3 Å². The SMILES string of the molecule is O=[N+]([O-])c1ccccc1N=c1scc(-c2ccc(Cl)cc2Cl)n1C1CCCc2ccccc21. The number of nitro benzene ring substituents is 1. The molecule has 1 aromatic heterocycles. The van der Waals surface area contributed by atoms with E-state index < -0.39 is 4.92 Å². The number of hydrogen-bond acceptors (Lipinski definition) is 4. The number of fused-ring (bicyclic) bond motifs is 1. The van der Waals surface area contributed by atoms with Crippen LogP contribution in [0.15, 0.2) is 77.1 Å². The molecular weight excluding hydrogens is 477 g/mol. The van der Waals surface area contributed by atoms with E-state index in [-0.39, 0.29) is 11.7 Å². The van der Waals surface area contributed by atoms with Crippen molar-refractivity contribution in [1.29, 1.82) is 0 Å². The van der Waals surface area contributed by atoms with E-state index in [2.05, 4.69) is 28.8 Å². The van der Waals surface area contributed by atoms with Gasteiger partial charge in [0.1, 0.15) is 5.69 Å². The topological polar surface area (TPSA) is 60.4 Å². The Kier molecular flexibility index (Phi) is 6.06. The lowest BCUT2D eigenvalue weighted by Gasteiger charge is -2.28. The number of hydrogen-bond donors (Lipinski definition) is 0. The molecular formula is C25H19Cl2N3O2S. The summed E-state index contributed by atoms with van der Waals surface area (Å²) in [5.74, 6) is 0. The molecule has 0 spiro atoms. The minimum absolute atomic E-state index is 0.0208. The van der Waals surface area contributed by atoms with Gasteiger partial charge in [0.2, 0.25) is 0 Å². The third-order valence-electron chi connectivity index (χ3n) is 5.89. The van der Waals surface area contributed by atoms with E-state index in [0.717, 1.165) is 30.5 Å². The predicted octanol–water partition coefficient (Wildman–Crippen LogP) is 7.59. The molecule has 8 heteroatoms. The van der Waals surface area contributed by atoms with Gasteiger partial charge in [-0.1, -0.05) is 59.6 Å². The summed E-state index contributed by atoms with van der Waals surface area (Å²) in [6, 6.07) is 20.5. The summed E-state index contributed by atoms with van der Waals surface area (Å²) in [7, 11) is 0. The molecule has 3 aromatic carbocycles. The normalized spacial score (nSPS) is 15.9. The first-order valence-electron chi connectivity index (χ1n) is 10.5. The van der Waals surface area contributed by atoms with Crippen LogP contribution < -0.4 is 4.80 Å². The zero-order valence-electron chi connectivity index (χ0n) is 17.4. The molecule has 0 N–H and O–H groups in total. The Hall–Kier alpha value is -2.93. The van der Waals surface area contributed by atoms with Crippen LogP contribution in [0.25, 0.3) is 11.3 Å². The van der Waals surface area contributed by atoms with Crippen molar-refractivity contribution in [3.05, 3.63) is 108 Å². The molecule has 0 radical (unpaired) electrons. The van der Waals surface area contributed by atoms with E-state index in [9.17, 15) is 10.1 Å². The smallest absolute Gasteiger partial charge is 0.294 e. The number of rotatable bonds is 4. The third-order valence-corrected chi connectivity index (χ3v) is 7.28. The van der Waals surface area contributed by atoms with E-state index in [0.29, 0.717) is 20.5 Å². The summed E-state index contributed by atoms with van der Waals surface area (Å²) in [6.45, 7) is 0. The minimum Gasteiger partial charge on any atom is -0.309 e. The number of aryl methyl sites for hydroxylation is 1. The largest absolute Gasteiger partial charge is 0.309 e. The van der Waals surface area contributed by atoms with Crippen molar-refractivity contribution in [3.63, 3.8) is 0 Å². The van der Waals surface area contributed by atoms with Crippen molar-refractivity contribution in [2.45, 2.75) is 25.3 Å². The minimum atomic E-state index is -0.399. The molecule has 4 aromatic rings. The number of benzene rings is 3. The van der Waals surface area contributed by atoms with Gasteiger partial charge in [-0.15, -0.1) is 11.3 Å². The maximum atomic E-state index is 11.6. The lowest BCUT2D eigenvalue weighted by atomic mass is 9.87. The molecule has 0 amide bonds. The van der Waals surface area contributed by atoms with Crippen molar-refractivity contribution >= 4 is 45.9 Å². The van der Waals surface area contributed by atoms with Crippen LogP contribution in [0.3, 0.4) is 0 Å². The molecule has 0 saturated heterocycles. The Morgan fingerprint density at radius 3 is 2.67 bits per heavy atom. The van der Waals surface area contributed by atoms with Crippen molar-refractivity contribution in [1.82, 2.24) is 4.57 Å². The van der Waals surface area contributed by atoms with Crippen LogP contribution in [0.1, 0.15) is 30.0 Å². The first-order chi connectivity index (χ1) is 16.0. The highest BCUT2D eigenvalue weighted by atomic mass is 35.5. The second kappa shape index (κ2) is 9.14. The van der Waals surface area contributed by atoms with Gasteiger partial charge in [-0.2, -0.15) is 0 Å². The molecule has 1 atom stereocenters. The lowest BCUT2D eigenvalue weighted by molar-refractivity contribution is -0.384. The van der Waals surface area contributed by atoms with Gasteiger partial charge in [0.25, 0.3) is 5.69 Å². The van der Waals surface area contributed by atoms with E-state index in [1.165, 1.54) is 28.5 Å². The van der Waals surface area contributed by atoms with E-state index in [1.54, 1.807) is 24.3 Å². The molecule has 0 aliphatic heterocycles. The molecule has 1 unspecified atom stereocenters. The molecule has 5 rings (SSSR count). The number of halogens is 2. The maximum absolute atomic E-state index is 11.6. The summed E-state index contributed by atoms with van der Waals surface area (Å²) >= 11 is 14.2. The summed E-state index contributed by atoms with van der Waals surface area (Å²) in [5.41, 5.74) is 4.64. The zero-order valence-corrected chi connectivity index (χ0v) is 19.8. The average molecular weight is 496 g/mol. The van der Waals surface area contributed by atoms with Gasteiger partial charge in [0, 0.05) is 22.0 Å².